The molecule has 0 saturated carbocycles. The SMILES string of the molecule is CCC1CN(c2ccc(Cl)c(Cl)c2)C(C)CN1. The molecule has 1 N–H and O–H groups in total. The molecule has 0 aliphatic carbocycles. The van der Waals surface area contributed by atoms with Gasteiger partial charge in [0.2, 0.25) is 0 Å². The van der Waals surface area contributed by atoms with Crippen molar-refractivity contribution in [1.82, 2.24) is 5.32 Å². The maximum Gasteiger partial charge on any atom is 0.0612 e. The van der Waals surface area contributed by atoms with Gasteiger partial charge in [-0.05, 0) is 31.5 Å². The van der Waals surface area contributed by atoms with Gasteiger partial charge in [-0.2, -0.15) is 0 Å². The molecule has 0 aromatic heterocycles. The molecule has 1 saturated heterocycles. The normalized spacial score (nSPS) is 25.1. The summed E-state index contributed by atoms with van der Waals surface area (Å²) in [5.41, 5.74) is 1.16. The molecule has 1 aliphatic rings. The predicted octanol–water partition coefficient (Wildman–Crippen LogP) is 3.57. The fourth-order valence-corrected chi connectivity index (χ4v) is 2.52. The van der Waals surface area contributed by atoms with Crippen LogP contribution < -0.4 is 10.2 Å². The zero-order chi connectivity index (χ0) is 12.4. The third kappa shape index (κ3) is 2.87. The number of hydrogen-bond donors (Lipinski definition) is 1. The highest BCUT2D eigenvalue weighted by atomic mass is 35.5. The third-order valence-corrected chi connectivity index (χ3v) is 4.12. The van der Waals surface area contributed by atoms with Crippen molar-refractivity contribution in [2.75, 3.05) is 18.0 Å². The fourth-order valence-electron chi connectivity index (χ4n) is 2.23. The lowest BCUT2D eigenvalue weighted by atomic mass is 10.1. The van der Waals surface area contributed by atoms with Gasteiger partial charge in [0.25, 0.3) is 0 Å². The second-order valence-electron chi connectivity index (χ2n) is 4.61. The van der Waals surface area contributed by atoms with Gasteiger partial charge < -0.3 is 10.2 Å². The van der Waals surface area contributed by atoms with Crippen LogP contribution in [0.15, 0.2) is 18.2 Å². The Morgan fingerprint density at radius 2 is 2.12 bits per heavy atom. The first-order valence-electron chi connectivity index (χ1n) is 6.07. The molecule has 2 nitrogen and oxygen atoms in total. The zero-order valence-electron chi connectivity index (χ0n) is 10.2. The second kappa shape index (κ2) is 5.47. The average Bonchev–Trinajstić information content (AvgIpc) is 2.33. The molecule has 2 rings (SSSR count). The van der Waals surface area contributed by atoms with Gasteiger partial charge in [0.1, 0.15) is 0 Å². The number of halogens is 2. The van der Waals surface area contributed by atoms with Crippen LogP contribution in [0.2, 0.25) is 10.0 Å². The van der Waals surface area contributed by atoms with Crippen LogP contribution in [0.1, 0.15) is 20.3 Å². The highest BCUT2D eigenvalue weighted by Crippen LogP contribution is 2.29. The van der Waals surface area contributed by atoms with E-state index in [2.05, 4.69) is 24.1 Å². The summed E-state index contributed by atoms with van der Waals surface area (Å²) in [6, 6.07) is 6.91. The molecule has 0 amide bonds. The van der Waals surface area contributed by atoms with Crippen molar-refractivity contribution in [3.05, 3.63) is 28.2 Å². The van der Waals surface area contributed by atoms with E-state index in [1.54, 1.807) is 0 Å². The molecule has 17 heavy (non-hydrogen) atoms. The fraction of sp³-hybridized carbons (Fsp3) is 0.538. The molecule has 1 fully saturated rings. The second-order valence-corrected chi connectivity index (χ2v) is 5.43. The third-order valence-electron chi connectivity index (χ3n) is 3.38. The van der Waals surface area contributed by atoms with E-state index < -0.39 is 0 Å². The van der Waals surface area contributed by atoms with Gasteiger partial charge >= 0.3 is 0 Å². The molecular weight excluding hydrogens is 255 g/mol. The topological polar surface area (TPSA) is 15.3 Å². The van der Waals surface area contributed by atoms with Crippen molar-refractivity contribution in [3.8, 4) is 0 Å². The Kier molecular flexibility index (Phi) is 4.18. The molecular formula is C13H18Cl2N2. The summed E-state index contributed by atoms with van der Waals surface area (Å²) in [4.78, 5) is 2.40. The number of hydrogen-bond acceptors (Lipinski definition) is 2. The predicted molar refractivity (Wildman–Crippen MR) is 75.4 cm³/mol. The first-order valence-corrected chi connectivity index (χ1v) is 6.82. The maximum atomic E-state index is 6.08. The molecule has 2 atom stereocenters. The molecule has 0 radical (unpaired) electrons. The van der Waals surface area contributed by atoms with Crippen LogP contribution >= 0.6 is 23.2 Å². The molecule has 1 aromatic carbocycles. The largest absolute Gasteiger partial charge is 0.366 e. The van der Waals surface area contributed by atoms with Crippen molar-refractivity contribution in [1.29, 1.82) is 0 Å². The molecule has 94 valence electrons. The van der Waals surface area contributed by atoms with E-state index in [1.165, 1.54) is 0 Å². The van der Waals surface area contributed by atoms with Crippen LogP contribution in [0.5, 0.6) is 0 Å². The maximum absolute atomic E-state index is 6.08. The van der Waals surface area contributed by atoms with Crippen molar-refractivity contribution in [2.24, 2.45) is 0 Å². The number of nitrogens with zero attached hydrogens (tertiary/aromatic N) is 1. The molecule has 2 unspecified atom stereocenters. The molecule has 1 heterocycles. The Hall–Kier alpha value is -0.440. The molecule has 0 bridgehead atoms. The minimum atomic E-state index is 0.482. The lowest BCUT2D eigenvalue weighted by Gasteiger charge is -2.40. The van der Waals surface area contributed by atoms with Gasteiger partial charge in [-0.25, -0.2) is 0 Å². The summed E-state index contributed by atoms with van der Waals surface area (Å²) in [6.45, 7) is 6.47. The highest BCUT2D eigenvalue weighted by molar-refractivity contribution is 6.42. The van der Waals surface area contributed by atoms with Crippen LogP contribution in [-0.2, 0) is 0 Å². The minimum absolute atomic E-state index is 0.482. The Bertz CT molecular complexity index is 395. The summed E-state index contributed by atoms with van der Waals surface area (Å²) >= 11 is 12.0. The molecule has 1 aliphatic heterocycles. The number of rotatable bonds is 2. The number of nitrogens with one attached hydrogen (secondary N) is 1. The number of benzene rings is 1. The summed E-state index contributed by atoms with van der Waals surface area (Å²) in [5.74, 6) is 0. The summed E-state index contributed by atoms with van der Waals surface area (Å²) in [5, 5.41) is 4.79. The van der Waals surface area contributed by atoms with Crippen molar-refractivity contribution < 1.29 is 0 Å². The van der Waals surface area contributed by atoms with E-state index in [4.69, 9.17) is 23.2 Å². The van der Waals surface area contributed by atoms with Crippen molar-refractivity contribution in [3.63, 3.8) is 0 Å². The van der Waals surface area contributed by atoms with Crippen LogP contribution in [-0.4, -0.2) is 25.2 Å². The van der Waals surface area contributed by atoms with Crippen LogP contribution in [0, 0.1) is 0 Å². The van der Waals surface area contributed by atoms with Crippen molar-refractivity contribution in [2.45, 2.75) is 32.4 Å². The van der Waals surface area contributed by atoms with E-state index >= 15 is 0 Å². The smallest absolute Gasteiger partial charge is 0.0612 e. The Morgan fingerprint density at radius 1 is 1.35 bits per heavy atom. The zero-order valence-corrected chi connectivity index (χ0v) is 11.7. The molecule has 4 heteroatoms. The lowest BCUT2D eigenvalue weighted by Crippen LogP contribution is -2.55. The minimum Gasteiger partial charge on any atom is -0.366 e. The monoisotopic (exact) mass is 272 g/mol. The number of anilines is 1. The van der Waals surface area contributed by atoms with E-state index in [9.17, 15) is 0 Å². The van der Waals surface area contributed by atoms with Crippen LogP contribution in [0.3, 0.4) is 0 Å². The molecule has 0 spiro atoms. The summed E-state index contributed by atoms with van der Waals surface area (Å²) in [7, 11) is 0. The first kappa shape index (κ1) is 13.0. The first-order chi connectivity index (χ1) is 8.11. The van der Waals surface area contributed by atoms with E-state index in [1.807, 2.05) is 18.2 Å². The average molecular weight is 273 g/mol. The van der Waals surface area contributed by atoms with Crippen LogP contribution in [0.4, 0.5) is 5.69 Å². The van der Waals surface area contributed by atoms with E-state index in [-0.39, 0.29) is 0 Å². The summed E-state index contributed by atoms with van der Waals surface area (Å²) < 4.78 is 0. The van der Waals surface area contributed by atoms with Crippen molar-refractivity contribution >= 4 is 28.9 Å². The lowest BCUT2D eigenvalue weighted by molar-refractivity contribution is 0.397. The Balaban J connectivity index is 2.21. The van der Waals surface area contributed by atoms with E-state index in [0.717, 1.165) is 25.2 Å². The quantitative estimate of drug-likeness (QED) is 0.886. The Morgan fingerprint density at radius 3 is 2.76 bits per heavy atom. The van der Waals surface area contributed by atoms with Crippen LogP contribution in [0.25, 0.3) is 0 Å². The standard InChI is InChI=1S/C13H18Cl2N2/c1-3-10-8-17(9(2)7-16-10)11-4-5-12(14)13(15)6-11/h4-6,9-10,16H,3,7-8H2,1-2H3. The summed E-state index contributed by atoms with van der Waals surface area (Å²) in [6.07, 6.45) is 1.14. The van der Waals surface area contributed by atoms with E-state index in [0.29, 0.717) is 22.1 Å². The van der Waals surface area contributed by atoms with Gasteiger partial charge in [-0.1, -0.05) is 30.1 Å². The molecule has 1 aromatic rings. The van der Waals surface area contributed by atoms with Gasteiger partial charge in [0, 0.05) is 30.9 Å². The van der Waals surface area contributed by atoms with Gasteiger partial charge in [0.15, 0.2) is 0 Å². The van der Waals surface area contributed by atoms with Gasteiger partial charge in [-0.3, -0.25) is 0 Å². The van der Waals surface area contributed by atoms with Gasteiger partial charge in [0.05, 0.1) is 10.0 Å². The van der Waals surface area contributed by atoms with Gasteiger partial charge in [-0.15, -0.1) is 0 Å². The number of piperazine rings is 1. The Labute approximate surface area is 113 Å². The highest BCUT2D eigenvalue weighted by Gasteiger charge is 2.24.